The first-order chi connectivity index (χ1) is 17.0. The van der Waals surface area contributed by atoms with Crippen molar-refractivity contribution in [2.45, 2.75) is 96.3 Å². The molecule has 0 unspecified atom stereocenters. The first-order valence-corrected chi connectivity index (χ1v) is 13.3. The minimum atomic E-state index is -0.0388. The van der Waals surface area contributed by atoms with Gasteiger partial charge in [-0.1, -0.05) is 46.0 Å². The number of nitrogens with one attached hydrogen (secondary N) is 1. The molecule has 8 nitrogen and oxygen atoms in total. The van der Waals surface area contributed by atoms with Crippen LogP contribution < -0.4 is 10.3 Å². The van der Waals surface area contributed by atoms with E-state index in [9.17, 15) is 4.79 Å². The van der Waals surface area contributed by atoms with Crippen molar-refractivity contribution in [1.29, 1.82) is 0 Å². The average molecular weight is 479 g/mol. The van der Waals surface area contributed by atoms with Gasteiger partial charge in [-0.25, -0.2) is 4.68 Å². The fourth-order valence-corrected chi connectivity index (χ4v) is 6.17. The fraction of sp³-hybridized carbons (Fsp3) is 0.630. The molecule has 0 bridgehead atoms. The van der Waals surface area contributed by atoms with Gasteiger partial charge in [0, 0.05) is 24.2 Å². The van der Waals surface area contributed by atoms with Gasteiger partial charge in [0.25, 0.3) is 5.56 Å². The first-order valence-electron chi connectivity index (χ1n) is 13.3. The lowest BCUT2D eigenvalue weighted by Crippen LogP contribution is -2.41. The Labute approximate surface area is 207 Å². The van der Waals surface area contributed by atoms with E-state index in [1.54, 1.807) is 7.11 Å². The Balaban J connectivity index is 1.52. The third-order valence-electron chi connectivity index (χ3n) is 7.97. The van der Waals surface area contributed by atoms with E-state index in [0.717, 1.165) is 53.7 Å². The van der Waals surface area contributed by atoms with Gasteiger partial charge in [-0.3, -0.25) is 9.69 Å². The van der Waals surface area contributed by atoms with Crippen molar-refractivity contribution in [3.8, 4) is 5.75 Å². The molecule has 1 aromatic carbocycles. The molecule has 0 saturated heterocycles. The molecule has 2 fully saturated rings. The molecule has 8 heteroatoms. The Morgan fingerprint density at radius 2 is 1.83 bits per heavy atom. The molecule has 1 atom stereocenters. The van der Waals surface area contributed by atoms with E-state index < -0.39 is 0 Å². The van der Waals surface area contributed by atoms with E-state index in [0.29, 0.717) is 24.5 Å². The maximum absolute atomic E-state index is 13.2. The predicted molar refractivity (Wildman–Crippen MR) is 136 cm³/mol. The average Bonchev–Trinajstić information content (AvgIpc) is 3.57. The van der Waals surface area contributed by atoms with Gasteiger partial charge in [-0.15, -0.1) is 5.10 Å². The molecular weight excluding hydrogens is 440 g/mol. The van der Waals surface area contributed by atoms with Gasteiger partial charge in [0.2, 0.25) is 0 Å². The fourth-order valence-electron chi connectivity index (χ4n) is 6.17. The zero-order valence-electron chi connectivity index (χ0n) is 21.2. The van der Waals surface area contributed by atoms with Crippen molar-refractivity contribution in [1.82, 2.24) is 30.1 Å². The highest BCUT2D eigenvalue weighted by molar-refractivity contribution is 5.80. The molecule has 2 aromatic heterocycles. The van der Waals surface area contributed by atoms with E-state index >= 15 is 0 Å². The maximum Gasteiger partial charge on any atom is 0.252 e. The smallest absolute Gasteiger partial charge is 0.252 e. The summed E-state index contributed by atoms with van der Waals surface area (Å²) in [7, 11) is 1.64. The number of aromatic amines is 1. The summed E-state index contributed by atoms with van der Waals surface area (Å²) >= 11 is 0. The number of rotatable bonds is 8. The second-order valence-electron chi connectivity index (χ2n) is 10.6. The number of hydrogen-bond acceptors (Lipinski definition) is 6. The lowest BCUT2D eigenvalue weighted by atomic mass is 9.94. The van der Waals surface area contributed by atoms with Crippen LogP contribution >= 0.6 is 0 Å². The number of nitrogens with zero attached hydrogens (tertiary/aromatic N) is 5. The zero-order valence-corrected chi connectivity index (χ0v) is 21.2. The molecule has 0 amide bonds. The van der Waals surface area contributed by atoms with Gasteiger partial charge in [-0.2, -0.15) is 0 Å². The molecule has 2 saturated carbocycles. The van der Waals surface area contributed by atoms with Crippen LogP contribution in [0.25, 0.3) is 10.9 Å². The quantitative estimate of drug-likeness (QED) is 0.480. The number of benzene rings is 1. The highest BCUT2D eigenvalue weighted by Crippen LogP contribution is 2.38. The van der Waals surface area contributed by atoms with Crippen molar-refractivity contribution in [2.75, 3.05) is 7.11 Å². The zero-order chi connectivity index (χ0) is 24.4. The van der Waals surface area contributed by atoms with Crippen LogP contribution in [0.4, 0.5) is 0 Å². The monoisotopic (exact) mass is 478 g/mol. The number of tetrazole rings is 1. The third kappa shape index (κ3) is 4.99. The molecule has 2 aliphatic carbocycles. The van der Waals surface area contributed by atoms with Gasteiger partial charge in [-0.05, 0) is 65.6 Å². The van der Waals surface area contributed by atoms with Crippen LogP contribution in [0.1, 0.15) is 95.1 Å². The van der Waals surface area contributed by atoms with Gasteiger partial charge < -0.3 is 9.72 Å². The van der Waals surface area contributed by atoms with Gasteiger partial charge >= 0.3 is 0 Å². The molecule has 35 heavy (non-hydrogen) atoms. The van der Waals surface area contributed by atoms with Crippen LogP contribution in [-0.2, 0) is 6.54 Å². The Morgan fingerprint density at radius 3 is 2.54 bits per heavy atom. The minimum Gasteiger partial charge on any atom is -0.497 e. The molecule has 2 aliphatic rings. The van der Waals surface area contributed by atoms with E-state index in [4.69, 9.17) is 4.74 Å². The Kier molecular flexibility index (Phi) is 7.18. The van der Waals surface area contributed by atoms with Crippen molar-refractivity contribution in [2.24, 2.45) is 5.92 Å². The molecule has 0 radical (unpaired) electrons. The summed E-state index contributed by atoms with van der Waals surface area (Å²) < 4.78 is 7.45. The van der Waals surface area contributed by atoms with E-state index in [2.05, 4.69) is 43.9 Å². The molecular formula is C27H38N6O2. The highest BCUT2D eigenvalue weighted by Gasteiger charge is 2.36. The normalized spacial score (nSPS) is 18.7. The summed E-state index contributed by atoms with van der Waals surface area (Å²) in [6.07, 6.45) is 10.8. The second kappa shape index (κ2) is 10.5. The van der Waals surface area contributed by atoms with Gasteiger partial charge in [0.15, 0.2) is 5.82 Å². The summed E-state index contributed by atoms with van der Waals surface area (Å²) in [6, 6.07) is 8.72. The van der Waals surface area contributed by atoms with Crippen LogP contribution in [0, 0.1) is 5.92 Å². The third-order valence-corrected chi connectivity index (χ3v) is 7.97. The summed E-state index contributed by atoms with van der Waals surface area (Å²) in [5.41, 5.74) is 1.55. The number of aromatic nitrogens is 5. The maximum atomic E-state index is 13.2. The number of fused-ring (bicyclic) bond motifs is 1. The van der Waals surface area contributed by atoms with E-state index in [1.165, 1.54) is 32.1 Å². The van der Waals surface area contributed by atoms with Crippen LogP contribution in [0.5, 0.6) is 5.75 Å². The number of methoxy groups -OCH3 is 1. The Hall–Kier alpha value is -2.74. The van der Waals surface area contributed by atoms with Crippen LogP contribution in [0.2, 0.25) is 0 Å². The topological polar surface area (TPSA) is 88.9 Å². The van der Waals surface area contributed by atoms with Crippen molar-refractivity contribution < 1.29 is 4.74 Å². The summed E-state index contributed by atoms with van der Waals surface area (Å²) in [4.78, 5) is 18.8. The molecule has 3 aromatic rings. The van der Waals surface area contributed by atoms with Crippen molar-refractivity contribution in [3.63, 3.8) is 0 Å². The van der Waals surface area contributed by atoms with E-state index in [-0.39, 0.29) is 11.6 Å². The van der Waals surface area contributed by atoms with Crippen LogP contribution in [0.15, 0.2) is 29.1 Å². The SMILES string of the molecule is COc1ccc2cc(CN(C3CCCC3)[C@H](c3nnnn3C3CCCCC3)C(C)C)c(=O)[nH]c2c1. The summed E-state index contributed by atoms with van der Waals surface area (Å²) in [6.45, 7) is 5.09. The number of ether oxygens (including phenoxy) is 1. The molecule has 0 spiro atoms. The lowest BCUT2D eigenvalue weighted by molar-refractivity contribution is 0.0815. The number of hydrogen-bond donors (Lipinski definition) is 1. The lowest BCUT2D eigenvalue weighted by Gasteiger charge is -2.38. The predicted octanol–water partition coefficient (Wildman–Crippen LogP) is 5.17. The minimum absolute atomic E-state index is 0.0388. The molecule has 2 heterocycles. The first kappa shape index (κ1) is 24.0. The molecule has 0 aliphatic heterocycles. The Bertz CT molecular complexity index is 1190. The number of H-pyrrole nitrogens is 1. The molecule has 1 N–H and O–H groups in total. The van der Waals surface area contributed by atoms with Gasteiger partial charge in [0.1, 0.15) is 5.75 Å². The standard InChI is InChI=1S/C27H38N6O2/c1-18(2)25(26-29-30-31-33(26)22-11-5-4-6-12-22)32(21-9-7-8-10-21)17-20-15-19-13-14-23(35-3)16-24(19)28-27(20)34/h13-16,18,21-22,25H,4-12,17H2,1-3H3,(H,28,34)/t25-/m0/s1. The van der Waals surface area contributed by atoms with Crippen LogP contribution in [-0.4, -0.2) is 43.2 Å². The number of pyridine rings is 1. The molecule has 188 valence electrons. The molecule has 5 rings (SSSR count). The second-order valence-corrected chi connectivity index (χ2v) is 10.6. The van der Waals surface area contributed by atoms with Gasteiger partial charge in [0.05, 0.1) is 24.7 Å². The largest absolute Gasteiger partial charge is 0.497 e. The summed E-state index contributed by atoms with van der Waals surface area (Å²) in [5.74, 6) is 2.01. The van der Waals surface area contributed by atoms with Crippen molar-refractivity contribution in [3.05, 3.63) is 46.0 Å². The highest BCUT2D eigenvalue weighted by atomic mass is 16.5. The Morgan fingerprint density at radius 1 is 1.09 bits per heavy atom. The summed E-state index contributed by atoms with van der Waals surface area (Å²) in [5, 5.41) is 14.2. The van der Waals surface area contributed by atoms with E-state index in [1.807, 2.05) is 24.3 Å². The van der Waals surface area contributed by atoms with Crippen LogP contribution in [0.3, 0.4) is 0 Å². The van der Waals surface area contributed by atoms with Crippen molar-refractivity contribution >= 4 is 10.9 Å².